The van der Waals surface area contributed by atoms with E-state index in [1.165, 1.54) is 14.2 Å². The summed E-state index contributed by atoms with van der Waals surface area (Å²) in [7, 11) is 2.74. The van der Waals surface area contributed by atoms with Crippen LogP contribution in [0.25, 0.3) is 0 Å². The second-order valence-corrected chi connectivity index (χ2v) is 19.5. The molecule has 4 radical (unpaired) electrons. The van der Waals surface area contributed by atoms with Crippen molar-refractivity contribution in [3.05, 3.63) is 0 Å². The first-order chi connectivity index (χ1) is 18.2. The molecule has 0 amide bonds. The molecule has 4 unspecified atom stereocenters. The topological polar surface area (TPSA) is 133 Å². The summed E-state index contributed by atoms with van der Waals surface area (Å²) in [5, 5.41) is 19.4. The molecule has 11 heteroatoms. The van der Waals surface area contributed by atoms with Crippen LogP contribution < -0.4 is 10.2 Å². The number of carbonyl (C=O) groups excluding carboxylic acids is 4. The molecule has 39 heavy (non-hydrogen) atoms. The van der Waals surface area contributed by atoms with Crippen molar-refractivity contribution in [2.45, 2.75) is 124 Å². The predicted molar refractivity (Wildman–Crippen MR) is 160 cm³/mol. The number of methoxy groups -OCH3 is 2. The summed E-state index contributed by atoms with van der Waals surface area (Å²) in [5.41, 5.74) is 0. The van der Waals surface area contributed by atoms with Crippen LogP contribution in [-0.2, 0) is 53.9 Å². The van der Waals surface area contributed by atoms with Gasteiger partial charge in [-0.2, -0.15) is 0 Å². The van der Waals surface area contributed by atoms with Gasteiger partial charge in [0.15, 0.2) is 0 Å². The maximum absolute atomic E-state index is 11.0. The van der Waals surface area contributed by atoms with Crippen LogP contribution in [0.4, 0.5) is 0 Å². The number of hydrogen-bond acceptors (Lipinski definition) is 10. The molecule has 0 aromatic rings. The van der Waals surface area contributed by atoms with Gasteiger partial charge in [0.25, 0.3) is 0 Å². The molecule has 0 saturated heterocycles. The maximum atomic E-state index is 11.0. The Bertz CT molecular complexity index is 611. The minimum atomic E-state index is -1.45. The van der Waals surface area contributed by atoms with Crippen LogP contribution >= 0.6 is 0 Å². The van der Waals surface area contributed by atoms with Crippen molar-refractivity contribution in [1.29, 1.82) is 0 Å². The quantitative estimate of drug-likeness (QED) is 0.120. The Hall–Kier alpha value is -0.621. The van der Waals surface area contributed by atoms with E-state index in [0.717, 1.165) is 51.4 Å². The molecule has 0 spiro atoms. The molecule has 0 aliphatic carbocycles. The fourth-order valence-corrected chi connectivity index (χ4v) is 9.51. The van der Waals surface area contributed by atoms with Crippen LogP contribution in [0.3, 0.4) is 0 Å². The summed E-state index contributed by atoms with van der Waals surface area (Å²) >= 11 is 8.13. The van der Waals surface area contributed by atoms with Gasteiger partial charge in [0.05, 0.1) is 0 Å². The van der Waals surface area contributed by atoms with E-state index < -0.39 is 43.6 Å². The first kappa shape index (κ1) is 42.8. The van der Waals surface area contributed by atoms with Gasteiger partial charge in [0.1, 0.15) is 0 Å². The standard InChI is InChI=1S/2C10H20O2S.2C4H7O2.Sn.2H/c2*1-3-5-6-8(4-2)7-9(13)10(11)12;2*1-3-4(5)6-2;;;/h2*8-9,13H,3-7H2,1-2H3,(H,11,12);2*3H,1-2H3;;;/q;;;;+4;;/p-4. The molecule has 6 atom stereocenters. The molecule has 8 nitrogen and oxygen atoms in total. The van der Waals surface area contributed by atoms with Crippen LogP contribution in [0, 0.1) is 11.8 Å². The van der Waals surface area contributed by atoms with Crippen molar-refractivity contribution < 1.29 is 38.9 Å². The van der Waals surface area contributed by atoms with E-state index in [1.807, 2.05) is 13.8 Å². The molecule has 0 saturated carbocycles. The van der Waals surface area contributed by atoms with E-state index >= 15 is 0 Å². The SMILES string of the molecule is CCCCC(CC)CC([S-])C(=O)[O-].CCCCC(CC)CC([S-])C(=O)[O-].COC(=O)[C@H](C)[SnH2+4][C@@H](C)C(=O)OC. The number of carboxylic acid groups (broad SMARTS) is 2. The summed E-state index contributed by atoms with van der Waals surface area (Å²) < 4.78 is 9.07. The molecule has 0 fully saturated rings. The van der Waals surface area contributed by atoms with Crippen molar-refractivity contribution in [3.63, 3.8) is 0 Å². The van der Waals surface area contributed by atoms with E-state index in [2.05, 4.69) is 37.2 Å². The van der Waals surface area contributed by atoms with Gasteiger partial charge >= 0.3 is 88.1 Å². The molecule has 0 aliphatic heterocycles. The Balaban J connectivity index is -0.000000498. The van der Waals surface area contributed by atoms with Crippen LogP contribution in [0.5, 0.6) is 0 Å². The zero-order valence-electron chi connectivity index (χ0n) is 25.3. The predicted octanol–water partition coefficient (Wildman–Crippen LogP) is 2.63. The van der Waals surface area contributed by atoms with Gasteiger partial charge in [-0.05, 0) is 11.8 Å². The van der Waals surface area contributed by atoms with E-state index in [0.29, 0.717) is 24.7 Å². The van der Waals surface area contributed by atoms with Gasteiger partial charge in [-0.15, -0.1) is 10.5 Å². The third-order valence-corrected chi connectivity index (χ3v) is 13.3. The Kier molecular flexibility index (Phi) is 30.3. The first-order valence-electron chi connectivity index (χ1n) is 14.1. The van der Waals surface area contributed by atoms with Crippen molar-refractivity contribution >= 4 is 70.3 Å². The summed E-state index contributed by atoms with van der Waals surface area (Å²) in [4.78, 5) is 42.9. The van der Waals surface area contributed by atoms with Gasteiger partial charge in [-0.25, -0.2) is 0 Å². The fraction of sp³-hybridized carbons (Fsp3) is 0.857. The third kappa shape index (κ3) is 24.9. The number of rotatable bonds is 18. The Morgan fingerprint density at radius 1 is 0.692 bits per heavy atom. The van der Waals surface area contributed by atoms with Gasteiger partial charge in [0, 0.05) is 11.9 Å². The number of carboxylic acids is 2. The summed E-state index contributed by atoms with van der Waals surface area (Å²) in [6.45, 7) is 12.1. The van der Waals surface area contributed by atoms with Crippen molar-refractivity contribution in [3.8, 4) is 0 Å². The minimum absolute atomic E-state index is 0.0547. The van der Waals surface area contributed by atoms with Gasteiger partial charge in [-0.1, -0.05) is 91.9 Å². The average molecular weight is 700 g/mol. The Morgan fingerprint density at radius 2 is 1.00 bits per heavy atom. The average Bonchev–Trinajstić information content (AvgIpc) is 2.92. The zero-order chi connectivity index (χ0) is 31.0. The molecule has 0 aromatic heterocycles. The van der Waals surface area contributed by atoms with E-state index in [1.54, 1.807) is 0 Å². The second kappa shape index (κ2) is 27.5. The molecule has 0 aromatic carbocycles. The van der Waals surface area contributed by atoms with E-state index in [-0.39, 0.29) is 19.8 Å². The third-order valence-electron chi connectivity index (χ3n) is 6.62. The molecular formula is C28H52O8S2Sn. The summed E-state index contributed by atoms with van der Waals surface area (Å²) in [5.74, 6) is -1.67. The number of unbranched alkanes of at least 4 members (excludes halogenated alkanes) is 2. The molecular weight excluding hydrogens is 647 g/mol. The number of hydrogen-bond donors (Lipinski definition) is 0. The molecule has 0 bridgehead atoms. The molecule has 228 valence electrons. The van der Waals surface area contributed by atoms with Crippen LogP contribution in [0.2, 0.25) is 7.87 Å². The molecule has 0 N–H and O–H groups in total. The summed E-state index contributed by atoms with van der Waals surface area (Å²) in [6, 6.07) is 0. The van der Waals surface area contributed by atoms with E-state index in [4.69, 9.17) is 25.3 Å². The zero-order valence-corrected chi connectivity index (χ0v) is 31.0. The van der Waals surface area contributed by atoms with Gasteiger partial charge < -0.3 is 45.1 Å². The Morgan fingerprint density at radius 3 is 1.21 bits per heavy atom. The molecule has 0 aliphatic rings. The van der Waals surface area contributed by atoms with Crippen molar-refractivity contribution in [1.82, 2.24) is 0 Å². The summed E-state index contributed by atoms with van der Waals surface area (Å²) in [6.07, 6.45) is 10.0. The second-order valence-electron chi connectivity index (χ2n) is 10.0. The normalized spacial score (nSPS) is 15.0. The van der Waals surface area contributed by atoms with Crippen LogP contribution in [0.1, 0.15) is 106 Å². The van der Waals surface area contributed by atoms with Gasteiger partial charge in [-0.3, -0.25) is 0 Å². The van der Waals surface area contributed by atoms with E-state index in [9.17, 15) is 29.4 Å². The molecule has 0 heterocycles. The number of ether oxygens (including phenoxy) is 2. The van der Waals surface area contributed by atoms with Gasteiger partial charge in [0.2, 0.25) is 0 Å². The van der Waals surface area contributed by atoms with Crippen LogP contribution in [0.15, 0.2) is 0 Å². The number of aliphatic carboxylic acids is 2. The first-order valence-corrected chi connectivity index (χ1v) is 19.7. The fourth-order valence-electron chi connectivity index (χ4n) is 3.89. The van der Waals surface area contributed by atoms with Crippen LogP contribution in [-0.4, -0.2) is 69.7 Å². The Labute approximate surface area is 258 Å². The van der Waals surface area contributed by atoms with Crippen molar-refractivity contribution in [2.75, 3.05) is 14.2 Å². The monoisotopic (exact) mass is 700 g/mol. The number of carbonyl (C=O) groups is 4. The van der Waals surface area contributed by atoms with Crippen molar-refractivity contribution in [2.24, 2.45) is 11.8 Å². The number of esters is 2. The molecule has 0 rings (SSSR count).